The molecule has 2 atom stereocenters. The SMILES string of the molecule is CC1CCCCC1CNC(=O)C1(N)CCC1.Cl. The second-order valence-corrected chi connectivity index (χ2v) is 5.74. The number of carbonyl (C=O) groups excluding carboxylic acids is 1. The molecule has 2 aliphatic rings. The van der Waals surface area contributed by atoms with Crippen LogP contribution in [-0.4, -0.2) is 18.0 Å². The minimum absolute atomic E-state index is 0. The Morgan fingerprint density at radius 1 is 1.29 bits per heavy atom. The maximum absolute atomic E-state index is 11.9. The summed E-state index contributed by atoms with van der Waals surface area (Å²) >= 11 is 0. The van der Waals surface area contributed by atoms with Crippen LogP contribution in [0.25, 0.3) is 0 Å². The van der Waals surface area contributed by atoms with Gasteiger partial charge in [0.1, 0.15) is 0 Å². The number of hydrogen-bond acceptors (Lipinski definition) is 2. The van der Waals surface area contributed by atoms with Crippen LogP contribution in [0.4, 0.5) is 0 Å². The van der Waals surface area contributed by atoms with E-state index in [0.717, 1.165) is 31.7 Å². The zero-order chi connectivity index (χ0) is 11.6. The van der Waals surface area contributed by atoms with Gasteiger partial charge in [-0.2, -0.15) is 0 Å². The van der Waals surface area contributed by atoms with Crippen molar-refractivity contribution in [1.29, 1.82) is 0 Å². The third-order valence-electron chi connectivity index (χ3n) is 4.51. The molecule has 2 saturated carbocycles. The Morgan fingerprint density at radius 3 is 2.47 bits per heavy atom. The highest BCUT2D eigenvalue weighted by Crippen LogP contribution is 2.31. The van der Waals surface area contributed by atoms with Crippen molar-refractivity contribution in [2.24, 2.45) is 17.6 Å². The molecule has 0 bridgehead atoms. The molecule has 0 heterocycles. The Bertz CT molecular complexity index is 266. The summed E-state index contributed by atoms with van der Waals surface area (Å²) in [6, 6.07) is 0. The van der Waals surface area contributed by atoms with Crippen LogP contribution in [0.2, 0.25) is 0 Å². The van der Waals surface area contributed by atoms with Crippen LogP contribution in [0, 0.1) is 11.8 Å². The predicted molar refractivity (Wildman–Crippen MR) is 72.1 cm³/mol. The first kappa shape index (κ1) is 14.8. The summed E-state index contributed by atoms with van der Waals surface area (Å²) in [6.07, 6.45) is 8.07. The summed E-state index contributed by atoms with van der Waals surface area (Å²) in [5.74, 6) is 1.50. The van der Waals surface area contributed by atoms with E-state index in [1.807, 2.05) is 0 Å². The zero-order valence-electron chi connectivity index (χ0n) is 10.7. The van der Waals surface area contributed by atoms with Crippen molar-refractivity contribution in [1.82, 2.24) is 5.32 Å². The molecule has 0 aromatic carbocycles. The molecular weight excluding hydrogens is 236 g/mol. The van der Waals surface area contributed by atoms with Gasteiger partial charge in [-0.15, -0.1) is 12.4 Å². The molecule has 4 heteroatoms. The number of hydrogen-bond donors (Lipinski definition) is 2. The Balaban J connectivity index is 0.00000144. The summed E-state index contributed by atoms with van der Waals surface area (Å²) in [5, 5.41) is 3.06. The minimum atomic E-state index is -0.530. The number of nitrogens with two attached hydrogens (primary N) is 1. The van der Waals surface area contributed by atoms with Gasteiger partial charge in [-0.05, 0) is 37.5 Å². The molecule has 0 spiro atoms. The number of carbonyl (C=O) groups is 1. The molecule has 100 valence electrons. The molecule has 2 rings (SSSR count). The molecule has 0 aromatic rings. The summed E-state index contributed by atoms with van der Waals surface area (Å²) in [6.45, 7) is 3.14. The molecule has 3 nitrogen and oxygen atoms in total. The van der Waals surface area contributed by atoms with Crippen molar-refractivity contribution in [3.63, 3.8) is 0 Å². The fourth-order valence-corrected chi connectivity index (χ4v) is 2.88. The van der Waals surface area contributed by atoms with Gasteiger partial charge in [-0.1, -0.05) is 26.2 Å². The maximum Gasteiger partial charge on any atom is 0.240 e. The van der Waals surface area contributed by atoms with Gasteiger partial charge in [0.05, 0.1) is 5.54 Å². The summed E-state index contributed by atoms with van der Waals surface area (Å²) in [7, 11) is 0. The van der Waals surface area contributed by atoms with Crippen LogP contribution in [0.1, 0.15) is 51.9 Å². The van der Waals surface area contributed by atoms with Crippen LogP contribution in [0.3, 0.4) is 0 Å². The third kappa shape index (κ3) is 3.35. The second kappa shape index (κ2) is 6.05. The van der Waals surface area contributed by atoms with Crippen molar-refractivity contribution >= 4 is 18.3 Å². The van der Waals surface area contributed by atoms with E-state index in [1.165, 1.54) is 25.7 Å². The van der Waals surface area contributed by atoms with Crippen LogP contribution in [-0.2, 0) is 4.79 Å². The predicted octanol–water partition coefficient (Wildman–Crippen LogP) is 2.23. The molecule has 2 unspecified atom stereocenters. The van der Waals surface area contributed by atoms with Gasteiger partial charge in [0, 0.05) is 6.54 Å². The van der Waals surface area contributed by atoms with Gasteiger partial charge >= 0.3 is 0 Å². The smallest absolute Gasteiger partial charge is 0.240 e. The molecular formula is C13H25ClN2O. The highest BCUT2D eigenvalue weighted by Gasteiger charge is 2.40. The molecule has 2 aliphatic carbocycles. The van der Waals surface area contributed by atoms with Gasteiger partial charge in [-0.3, -0.25) is 4.79 Å². The van der Waals surface area contributed by atoms with Gasteiger partial charge in [0.25, 0.3) is 0 Å². The molecule has 0 aliphatic heterocycles. The van der Waals surface area contributed by atoms with Crippen LogP contribution >= 0.6 is 12.4 Å². The van der Waals surface area contributed by atoms with Crippen molar-refractivity contribution < 1.29 is 4.79 Å². The van der Waals surface area contributed by atoms with Crippen LogP contribution in [0.5, 0.6) is 0 Å². The monoisotopic (exact) mass is 260 g/mol. The number of halogens is 1. The van der Waals surface area contributed by atoms with Gasteiger partial charge in [-0.25, -0.2) is 0 Å². The molecule has 1 amide bonds. The first-order valence-electron chi connectivity index (χ1n) is 6.69. The van der Waals surface area contributed by atoms with Crippen molar-refractivity contribution in [3.8, 4) is 0 Å². The van der Waals surface area contributed by atoms with Gasteiger partial charge < -0.3 is 11.1 Å². The van der Waals surface area contributed by atoms with E-state index in [-0.39, 0.29) is 18.3 Å². The lowest BCUT2D eigenvalue weighted by atomic mass is 9.76. The van der Waals surface area contributed by atoms with Crippen molar-refractivity contribution in [2.45, 2.75) is 57.4 Å². The van der Waals surface area contributed by atoms with Gasteiger partial charge in [0.2, 0.25) is 5.91 Å². The molecule has 0 aromatic heterocycles. The molecule has 0 radical (unpaired) electrons. The summed E-state index contributed by atoms with van der Waals surface area (Å²) < 4.78 is 0. The van der Waals surface area contributed by atoms with Crippen LogP contribution < -0.4 is 11.1 Å². The topological polar surface area (TPSA) is 55.1 Å². The van der Waals surface area contributed by atoms with E-state index in [1.54, 1.807) is 0 Å². The largest absolute Gasteiger partial charge is 0.354 e. The van der Waals surface area contributed by atoms with Crippen molar-refractivity contribution in [3.05, 3.63) is 0 Å². The Morgan fingerprint density at radius 2 is 1.94 bits per heavy atom. The van der Waals surface area contributed by atoms with E-state index in [0.29, 0.717) is 5.92 Å². The number of amides is 1. The average molecular weight is 261 g/mol. The Labute approximate surface area is 110 Å². The van der Waals surface area contributed by atoms with E-state index in [2.05, 4.69) is 12.2 Å². The molecule has 2 fully saturated rings. The lowest BCUT2D eigenvalue weighted by Gasteiger charge is -2.37. The summed E-state index contributed by atoms with van der Waals surface area (Å²) in [5.41, 5.74) is 5.45. The standard InChI is InChI=1S/C13H24N2O.ClH/c1-10-5-2-3-6-11(10)9-15-12(16)13(14)7-4-8-13;/h10-11H,2-9,14H2,1H3,(H,15,16);1H. The lowest BCUT2D eigenvalue weighted by molar-refractivity contribution is -0.129. The summed E-state index contributed by atoms with van der Waals surface area (Å²) in [4.78, 5) is 11.9. The third-order valence-corrected chi connectivity index (χ3v) is 4.51. The van der Waals surface area contributed by atoms with E-state index in [9.17, 15) is 4.79 Å². The maximum atomic E-state index is 11.9. The lowest BCUT2D eigenvalue weighted by Crippen LogP contribution is -2.59. The fourth-order valence-electron chi connectivity index (χ4n) is 2.88. The Hall–Kier alpha value is -0.280. The minimum Gasteiger partial charge on any atom is -0.354 e. The Kier molecular flexibility index (Phi) is 5.26. The van der Waals surface area contributed by atoms with Gasteiger partial charge in [0.15, 0.2) is 0 Å². The van der Waals surface area contributed by atoms with E-state index >= 15 is 0 Å². The molecule has 3 N–H and O–H groups in total. The first-order valence-corrected chi connectivity index (χ1v) is 6.69. The van der Waals surface area contributed by atoms with E-state index < -0.39 is 5.54 Å². The molecule has 17 heavy (non-hydrogen) atoms. The first-order chi connectivity index (χ1) is 7.62. The van der Waals surface area contributed by atoms with E-state index in [4.69, 9.17) is 5.73 Å². The highest BCUT2D eigenvalue weighted by molar-refractivity contribution is 5.87. The second-order valence-electron chi connectivity index (χ2n) is 5.74. The van der Waals surface area contributed by atoms with Crippen molar-refractivity contribution in [2.75, 3.05) is 6.54 Å². The van der Waals surface area contributed by atoms with Crippen LogP contribution in [0.15, 0.2) is 0 Å². The molecule has 0 saturated heterocycles. The quantitative estimate of drug-likeness (QED) is 0.818. The number of nitrogens with one attached hydrogen (secondary N) is 1. The average Bonchev–Trinajstić information content (AvgIpc) is 2.24. The fraction of sp³-hybridized carbons (Fsp3) is 0.923. The zero-order valence-corrected chi connectivity index (χ0v) is 11.5. The highest BCUT2D eigenvalue weighted by atomic mass is 35.5. The number of rotatable bonds is 3. The normalized spacial score (nSPS) is 30.9.